The van der Waals surface area contributed by atoms with Crippen LogP contribution in [0, 0.1) is 0 Å². The van der Waals surface area contributed by atoms with Crippen molar-refractivity contribution in [1.82, 2.24) is 15.3 Å². The number of nitrogens with zero attached hydrogens (tertiary/aromatic N) is 2. The molecule has 0 atom stereocenters. The number of alkyl halides is 3. The zero-order valence-electron chi connectivity index (χ0n) is 14.7. The van der Waals surface area contributed by atoms with Crippen LogP contribution in [0.2, 0.25) is 0 Å². The quantitative estimate of drug-likeness (QED) is 0.715. The summed E-state index contributed by atoms with van der Waals surface area (Å²) in [6.07, 6.45) is -1.80. The molecule has 0 spiro atoms. The highest BCUT2D eigenvalue weighted by Crippen LogP contribution is 2.39. The Balaban J connectivity index is 1.40. The Morgan fingerprint density at radius 2 is 1.89 bits per heavy atom. The van der Waals surface area contributed by atoms with Gasteiger partial charge < -0.3 is 11.1 Å². The molecule has 0 saturated heterocycles. The summed E-state index contributed by atoms with van der Waals surface area (Å²) >= 11 is 0. The average Bonchev–Trinajstić information content (AvgIpc) is 2.63. The molecule has 0 aliphatic heterocycles. The van der Waals surface area contributed by atoms with Crippen molar-refractivity contribution in [3.05, 3.63) is 65.5 Å². The van der Waals surface area contributed by atoms with Crippen LogP contribution in [-0.4, -0.2) is 21.9 Å². The minimum Gasteiger partial charge on any atom is -0.383 e. The summed E-state index contributed by atoms with van der Waals surface area (Å²) in [5.41, 5.74) is 6.82. The largest absolute Gasteiger partial charge is 0.416 e. The first kappa shape index (κ1) is 18.2. The molecule has 3 aromatic rings. The fourth-order valence-corrected chi connectivity index (χ4v) is 3.46. The van der Waals surface area contributed by atoms with Gasteiger partial charge in [0, 0.05) is 17.0 Å². The molecular weight excluding hydrogens is 369 g/mol. The van der Waals surface area contributed by atoms with Gasteiger partial charge in [0.25, 0.3) is 5.91 Å². The van der Waals surface area contributed by atoms with Crippen LogP contribution in [0.25, 0.3) is 10.9 Å². The van der Waals surface area contributed by atoms with Crippen molar-refractivity contribution in [2.24, 2.45) is 0 Å². The first-order valence-corrected chi connectivity index (χ1v) is 8.79. The molecule has 1 aromatic heterocycles. The van der Waals surface area contributed by atoms with Crippen LogP contribution in [0.3, 0.4) is 0 Å². The Kier molecular flexibility index (Phi) is 4.41. The van der Waals surface area contributed by atoms with E-state index in [4.69, 9.17) is 5.73 Å². The fourth-order valence-electron chi connectivity index (χ4n) is 3.46. The summed E-state index contributed by atoms with van der Waals surface area (Å²) in [4.78, 5) is 20.5. The smallest absolute Gasteiger partial charge is 0.383 e. The van der Waals surface area contributed by atoms with Crippen LogP contribution in [0.4, 0.5) is 19.0 Å². The van der Waals surface area contributed by atoms with Gasteiger partial charge in [-0.15, -0.1) is 0 Å². The highest BCUT2D eigenvalue weighted by Gasteiger charge is 2.34. The minimum absolute atomic E-state index is 0.0109. The number of carbonyl (C=O) groups excluding carboxylic acids is 1. The number of hydrogen-bond acceptors (Lipinski definition) is 4. The number of fused-ring (bicyclic) bond motifs is 1. The van der Waals surface area contributed by atoms with E-state index in [0.29, 0.717) is 40.7 Å². The minimum atomic E-state index is -4.35. The van der Waals surface area contributed by atoms with E-state index in [9.17, 15) is 18.0 Å². The molecule has 2 aromatic carbocycles. The molecule has 8 heteroatoms. The van der Waals surface area contributed by atoms with E-state index in [1.54, 1.807) is 24.3 Å². The van der Waals surface area contributed by atoms with Crippen molar-refractivity contribution in [2.75, 3.05) is 5.73 Å². The van der Waals surface area contributed by atoms with Gasteiger partial charge in [0.2, 0.25) is 0 Å². The van der Waals surface area contributed by atoms with Crippen molar-refractivity contribution in [3.8, 4) is 0 Å². The molecule has 4 rings (SSSR count). The summed E-state index contributed by atoms with van der Waals surface area (Å²) in [5.74, 6) is 0.114. The lowest BCUT2D eigenvalue weighted by Crippen LogP contribution is -2.43. The standard InChI is InChI=1S/C20H17F3N4O/c21-20(22,23)14-3-1-2-11(6-14)13-7-15(8-13)27-19(28)12-4-5-16-17(9-12)25-10-26-18(16)24/h1-6,9-10,13,15H,7-8H2,(H,27,28)(H2,24,25,26). The second-order valence-corrected chi connectivity index (χ2v) is 6.95. The molecule has 1 fully saturated rings. The normalized spacial score (nSPS) is 19.2. The lowest BCUT2D eigenvalue weighted by molar-refractivity contribution is -0.137. The SMILES string of the molecule is Nc1ncnc2cc(C(=O)NC3CC(c4cccc(C(F)(F)F)c4)C3)ccc12. The lowest BCUT2D eigenvalue weighted by Gasteiger charge is -2.36. The molecular formula is C20H17F3N4O. The molecule has 1 aliphatic rings. The van der Waals surface area contributed by atoms with E-state index in [1.165, 1.54) is 18.5 Å². The zero-order chi connectivity index (χ0) is 19.9. The average molecular weight is 386 g/mol. The molecule has 28 heavy (non-hydrogen) atoms. The number of nitrogen functional groups attached to an aromatic ring is 1. The first-order chi connectivity index (χ1) is 13.3. The van der Waals surface area contributed by atoms with E-state index in [-0.39, 0.29) is 17.9 Å². The molecule has 1 saturated carbocycles. The van der Waals surface area contributed by atoms with Crippen molar-refractivity contribution in [2.45, 2.75) is 31.0 Å². The van der Waals surface area contributed by atoms with Gasteiger partial charge >= 0.3 is 6.18 Å². The number of carbonyl (C=O) groups is 1. The molecule has 144 valence electrons. The number of amides is 1. The molecule has 1 amide bonds. The van der Waals surface area contributed by atoms with Crippen molar-refractivity contribution in [3.63, 3.8) is 0 Å². The van der Waals surface area contributed by atoms with Crippen LogP contribution in [-0.2, 0) is 6.18 Å². The van der Waals surface area contributed by atoms with Crippen LogP contribution in [0.5, 0.6) is 0 Å². The topological polar surface area (TPSA) is 80.9 Å². The molecule has 0 unspecified atom stereocenters. The van der Waals surface area contributed by atoms with Gasteiger partial charge in [-0.05, 0) is 48.6 Å². The molecule has 0 bridgehead atoms. The summed E-state index contributed by atoms with van der Waals surface area (Å²) in [6, 6.07) is 10.3. The van der Waals surface area contributed by atoms with Gasteiger partial charge in [0.05, 0.1) is 11.1 Å². The monoisotopic (exact) mass is 386 g/mol. The maximum absolute atomic E-state index is 12.9. The Labute approximate surface area is 158 Å². The van der Waals surface area contributed by atoms with Gasteiger partial charge in [-0.2, -0.15) is 13.2 Å². The van der Waals surface area contributed by atoms with Gasteiger partial charge in [-0.1, -0.05) is 18.2 Å². The lowest BCUT2D eigenvalue weighted by atomic mass is 9.75. The Morgan fingerprint density at radius 1 is 1.11 bits per heavy atom. The summed E-state index contributed by atoms with van der Waals surface area (Å²) in [5, 5.41) is 3.59. The zero-order valence-corrected chi connectivity index (χ0v) is 14.7. The number of halogens is 3. The number of benzene rings is 2. The van der Waals surface area contributed by atoms with Crippen LogP contribution in [0.1, 0.15) is 40.2 Å². The van der Waals surface area contributed by atoms with Gasteiger partial charge in [0.15, 0.2) is 0 Å². The van der Waals surface area contributed by atoms with Crippen molar-refractivity contribution >= 4 is 22.6 Å². The molecule has 1 heterocycles. The number of nitrogens with two attached hydrogens (primary N) is 1. The second kappa shape index (κ2) is 6.78. The number of nitrogens with one attached hydrogen (secondary N) is 1. The highest BCUT2D eigenvalue weighted by molar-refractivity contribution is 5.99. The third kappa shape index (κ3) is 3.49. The number of rotatable bonds is 3. The maximum Gasteiger partial charge on any atom is 0.416 e. The van der Waals surface area contributed by atoms with E-state index in [2.05, 4.69) is 15.3 Å². The first-order valence-electron chi connectivity index (χ1n) is 8.79. The molecule has 1 aliphatic carbocycles. The molecule has 5 nitrogen and oxygen atoms in total. The van der Waals surface area contributed by atoms with E-state index in [1.807, 2.05) is 0 Å². The number of anilines is 1. The van der Waals surface area contributed by atoms with Crippen LogP contribution < -0.4 is 11.1 Å². The van der Waals surface area contributed by atoms with Crippen molar-refractivity contribution < 1.29 is 18.0 Å². The highest BCUT2D eigenvalue weighted by atomic mass is 19.4. The Morgan fingerprint density at radius 3 is 2.64 bits per heavy atom. The summed E-state index contributed by atoms with van der Waals surface area (Å²) in [7, 11) is 0. The fraction of sp³-hybridized carbons (Fsp3) is 0.250. The Bertz CT molecular complexity index is 1050. The van der Waals surface area contributed by atoms with Gasteiger partial charge in [0.1, 0.15) is 12.1 Å². The van der Waals surface area contributed by atoms with Gasteiger partial charge in [-0.3, -0.25) is 4.79 Å². The predicted molar refractivity (Wildman–Crippen MR) is 98.6 cm³/mol. The predicted octanol–water partition coefficient (Wildman–Crippen LogP) is 3.91. The Hall–Kier alpha value is -3.16. The van der Waals surface area contributed by atoms with Crippen LogP contribution >= 0.6 is 0 Å². The van der Waals surface area contributed by atoms with E-state index < -0.39 is 11.7 Å². The number of aromatic nitrogens is 2. The van der Waals surface area contributed by atoms with Gasteiger partial charge in [-0.25, -0.2) is 9.97 Å². The summed E-state index contributed by atoms with van der Waals surface area (Å²) in [6.45, 7) is 0. The second-order valence-electron chi connectivity index (χ2n) is 6.95. The summed E-state index contributed by atoms with van der Waals surface area (Å²) < 4.78 is 38.6. The third-order valence-electron chi connectivity index (χ3n) is 5.09. The maximum atomic E-state index is 12.9. The van der Waals surface area contributed by atoms with E-state index >= 15 is 0 Å². The molecule has 3 N–H and O–H groups in total. The van der Waals surface area contributed by atoms with Crippen LogP contribution in [0.15, 0.2) is 48.8 Å². The van der Waals surface area contributed by atoms with E-state index in [0.717, 1.165) is 6.07 Å². The van der Waals surface area contributed by atoms with Crippen molar-refractivity contribution in [1.29, 1.82) is 0 Å². The number of hydrogen-bond donors (Lipinski definition) is 2. The molecule has 0 radical (unpaired) electrons. The third-order valence-corrected chi connectivity index (χ3v) is 5.09.